The highest BCUT2D eigenvalue weighted by atomic mass is 79.9. The highest BCUT2D eigenvalue weighted by Crippen LogP contribution is 2.21. The molecule has 0 atom stereocenters. The highest BCUT2D eigenvalue weighted by molar-refractivity contribution is 9.09. The lowest BCUT2D eigenvalue weighted by Crippen LogP contribution is -2.29. The van der Waals surface area contributed by atoms with Gasteiger partial charge in [-0.15, -0.1) is 0 Å². The Balaban J connectivity index is 2.29. The van der Waals surface area contributed by atoms with Crippen molar-refractivity contribution in [3.63, 3.8) is 0 Å². The Labute approximate surface area is 121 Å². The van der Waals surface area contributed by atoms with Gasteiger partial charge < -0.3 is 9.64 Å². The average Bonchev–Trinajstić information content (AvgIpc) is 2.37. The minimum atomic E-state index is 0.0809. The number of hydrogen-bond acceptors (Lipinski definition) is 2. The molecule has 0 saturated heterocycles. The molecule has 0 aromatic heterocycles. The number of alkyl halides is 1. The normalized spacial score (nSPS) is 10.2. The number of ether oxygens (including phenoxy) is 1. The van der Waals surface area contributed by atoms with Crippen molar-refractivity contribution >= 4 is 33.4 Å². The minimum absolute atomic E-state index is 0.0809. The molecule has 0 aliphatic carbocycles. The summed E-state index contributed by atoms with van der Waals surface area (Å²) in [5.74, 6) is 0.892. The van der Waals surface area contributed by atoms with Gasteiger partial charge in [-0.05, 0) is 37.1 Å². The van der Waals surface area contributed by atoms with Gasteiger partial charge >= 0.3 is 0 Å². The van der Waals surface area contributed by atoms with E-state index in [4.69, 9.17) is 16.3 Å². The molecule has 1 aromatic carbocycles. The third-order valence-electron chi connectivity index (χ3n) is 2.58. The first-order chi connectivity index (χ1) is 8.54. The van der Waals surface area contributed by atoms with Crippen LogP contribution < -0.4 is 4.74 Å². The first-order valence-electron chi connectivity index (χ1n) is 5.73. The van der Waals surface area contributed by atoms with Crippen LogP contribution >= 0.6 is 27.5 Å². The Hall–Kier alpha value is -0.740. The predicted octanol–water partition coefficient (Wildman–Crippen LogP) is 3.27. The van der Waals surface area contributed by atoms with Gasteiger partial charge in [-0.3, -0.25) is 4.79 Å². The summed E-state index contributed by atoms with van der Waals surface area (Å²) in [6, 6.07) is 5.59. The van der Waals surface area contributed by atoms with Gasteiger partial charge in [-0.1, -0.05) is 27.5 Å². The van der Waals surface area contributed by atoms with Gasteiger partial charge in [0.15, 0.2) is 0 Å². The van der Waals surface area contributed by atoms with Gasteiger partial charge in [-0.2, -0.15) is 0 Å². The van der Waals surface area contributed by atoms with Crippen LogP contribution in [0.2, 0.25) is 5.02 Å². The number of hydrogen-bond donors (Lipinski definition) is 0. The van der Waals surface area contributed by atoms with E-state index in [1.165, 1.54) is 0 Å². The molecule has 100 valence electrons. The Bertz CT molecular complexity index is 412. The van der Waals surface area contributed by atoms with E-state index >= 15 is 0 Å². The van der Waals surface area contributed by atoms with Crippen LogP contribution in [0.4, 0.5) is 0 Å². The summed E-state index contributed by atoms with van der Waals surface area (Å²) in [7, 11) is 1.79. The summed E-state index contributed by atoms with van der Waals surface area (Å²) in [5, 5.41) is 1.10. The quantitative estimate of drug-likeness (QED) is 0.590. The third-order valence-corrected chi connectivity index (χ3v) is 3.48. The maximum Gasteiger partial charge on any atom is 0.232 e. The molecule has 0 unspecified atom stereocenters. The topological polar surface area (TPSA) is 29.5 Å². The Morgan fingerprint density at radius 2 is 2.22 bits per heavy atom. The molecule has 0 spiro atoms. The van der Waals surface area contributed by atoms with Crippen LogP contribution in [-0.2, 0) is 4.79 Å². The number of aryl methyl sites for hydroxylation is 1. The largest absolute Gasteiger partial charge is 0.494 e. The van der Waals surface area contributed by atoms with E-state index in [1.54, 1.807) is 11.9 Å². The van der Waals surface area contributed by atoms with Crippen molar-refractivity contribution in [1.29, 1.82) is 0 Å². The van der Waals surface area contributed by atoms with Crippen molar-refractivity contribution in [3.8, 4) is 5.75 Å². The summed E-state index contributed by atoms with van der Waals surface area (Å²) in [5.41, 5.74) is 1.00. The maximum atomic E-state index is 11.3. The van der Waals surface area contributed by atoms with Gasteiger partial charge in [0.2, 0.25) is 5.91 Å². The van der Waals surface area contributed by atoms with Crippen LogP contribution in [-0.4, -0.2) is 36.3 Å². The van der Waals surface area contributed by atoms with Crippen molar-refractivity contribution in [3.05, 3.63) is 28.8 Å². The van der Waals surface area contributed by atoms with Crippen molar-refractivity contribution in [2.24, 2.45) is 0 Å². The van der Waals surface area contributed by atoms with Crippen LogP contribution in [0.3, 0.4) is 0 Å². The fourth-order valence-corrected chi connectivity index (χ4v) is 1.97. The molecular formula is C13H17BrClNO2. The standard InChI is InChI=1S/C13H17BrClNO2/c1-10-8-11(4-5-12(10)15)18-7-3-6-16(2)13(17)9-14/h4-5,8H,3,6-7,9H2,1-2H3. The molecule has 0 fully saturated rings. The van der Waals surface area contributed by atoms with Gasteiger partial charge in [0.1, 0.15) is 5.75 Å². The zero-order chi connectivity index (χ0) is 13.5. The van der Waals surface area contributed by atoms with E-state index in [2.05, 4.69) is 15.9 Å². The molecule has 1 rings (SSSR count). The fourth-order valence-electron chi connectivity index (χ4n) is 1.43. The Morgan fingerprint density at radius 3 is 2.83 bits per heavy atom. The molecule has 3 nitrogen and oxygen atoms in total. The van der Waals surface area contributed by atoms with E-state index in [0.29, 0.717) is 18.5 Å². The van der Waals surface area contributed by atoms with Crippen LogP contribution in [0.25, 0.3) is 0 Å². The summed E-state index contributed by atoms with van der Waals surface area (Å²) in [6.45, 7) is 3.22. The minimum Gasteiger partial charge on any atom is -0.494 e. The second kappa shape index (κ2) is 7.64. The molecular weight excluding hydrogens is 318 g/mol. The molecule has 1 aromatic rings. The summed E-state index contributed by atoms with van der Waals surface area (Å²) in [4.78, 5) is 13.0. The first-order valence-corrected chi connectivity index (χ1v) is 7.23. The number of nitrogens with zero attached hydrogens (tertiary/aromatic N) is 1. The second-order valence-corrected chi connectivity index (χ2v) is 5.03. The van der Waals surface area contributed by atoms with Gasteiger partial charge in [0.05, 0.1) is 11.9 Å². The summed E-state index contributed by atoms with van der Waals surface area (Å²) >= 11 is 9.07. The molecule has 0 radical (unpaired) electrons. The molecule has 1 amide bonds. The van der Waals surface area contributed by atoms with E-state index < -0.39 is 0 Å². The van der Waals surface area contributed by atoms with E-state index in [-0.39, 0.29) is 5.91 Å². The molecule has 5 heteroatoms. The second-order valence-electron chi connectivity index (χ2n) is 4.06. The van der Waals surface area contributed by atoms with Crippen LogP contribution in [0.1, 0.15) is 12.0 Å². The lowest BCUT2D eigenvalue weighted by atomic mass is 10.2. The van der Waals surface area contributed by atoms with Crippen molar-refractivity contribution in [2.75, 3.05) is 25.5 Å². The highest BCUT2D eigenvalue weighted by Gasteiger charge is 2.05. The molecule has 18 heavy (non-hydrogen) atoms. The van der Waals surface area contributed by atoms with Gasteiger partial charge in [-0.25, -0.2) is 0 Å². The monoisotopic (exact) mass is 333 g/mol. The molecule has 0 aliphatic heterocycles. The number of carbonyl (C=O) groups is 1. The Morgan fingerprint density at radius 1 is 1.50 bits per heavy atom. The SMILES string of the molecule is Cc1cc(OCCCN(C)C(=O)CBr)ccc1Cl. The predicted molar refractivity (Wildman–Crippen MR) is 77.7 cm³/mol. The van der Waals surface area contributed by atoms with Crippen LogP contribution in [0.15, 0.2) is 18.2 Å². The van der Waals surface area contributed by atoms with E-state index in [9.17, 15) is 4.79 Å². The molecule has 0 heterocycles. The molecule has 0 saturated carbocycles. The van der Waals surface area contributed by atoms with Crippen molar-refractivity contribution in [1.82, 2.24) is 4.90 Å². The first kappa shape index (κ1) is 15.3. The van der Waals surface area contributed by atoms with E-state index in [1.807, 2.05) is 25.1 Å². The fraction of sp³-hybridized carbons (Fsp3) is 0.462. The maximum absolute atomic E-state index is 11.3. The molecule has 0 aliphatic rings. The number of halogens is 2. The zero-order valence-corrected chi connectivity index (χ0v) is 12.9. The molecule has 0 bridgehead atoms. The lowest BCUT2D eigenvalue weighted by molar-refractivity contribution is -0.127. The summed E-state index contributed by atoms with van der Waals surface area (Å²) in [6.07, 6.45) is 0.802. The molecule has 0 N–H and O–H groups in total. The third kappa shape index (κ3) is 4.86. The number of benzene rings is 1. The van der Waals surface area contributed by atoms with Gasteiger partial charge in [0.25, 0.3) is 0 Å². The Kier molecular flexibility index (Phi) is 6.50. The number of carbonyl (C=O) groups excluding carboxylic acids is 1. The smallest absolute Gasteiger partial charge is 0.232 e. The number of amides is 1. The lowest BCUT2D eigenvalue weighted by Gasteiger charge is -2.15. The van der Waals surface area contributed by atoms with Crippen LogP contribution in [0, 0.1) is 6.92 Å². The van der Waals surface area contributed by atoms with E-state index in [0.717, 1.165) is 22.8 Å². The zero-order valence-electron chi connectivity index (χ0n) is 10.6. The average molecular weight is 335 g/mol. The van der Waals surface area contributed by atoms with Gasteiger partial charge in [0, 0.05) is 18.6 Å². The van der Waals surface area contributed by atoms with Crippen molar-refractivity contribution in [2.45, 2.75) is 13.3 Å². The summed E-state index contributed by atoms with van der Waals surface area (Å²) < 4.78 is 5.60. The van der Waals surface area contributed by atoms with Crippen molar-refractivity contribution < 1.29 is 9.53 Å². The van der Waals surface area contributed by atoms with Crippen LogP contribution in [0.5, 0.6) is 5.75 Å². The number of rotatable bonds is 6.